The SMILES string of the molecule is CCC[NH+]1CC=C2C(C#N)C(=N)C(C#N)(C#N)[C@H](c3cc(OC)cc(OC)c3)[C@@H]2C1. The third kappa shape index (κ3) is 3.30. The maximum Gasteiger partial charge on any atom is 0.189 e. The molecule has 7 nitrogen and oxygen atoms in total. The average molecular weight is 404 g/mol. The second-order valence-corrected chi connectivity index (χ2v) is 7.85. The first-order valence-corrected chi connectivity index (χ1v) is 10.1. The summed E-state index contributed by atoms with van der Waals surface area (Å²) in [4.78, 5) is 1.35. The second kappa shape index (κ2) is 8.57. The largest absolute Gasteiger partial charge is 0.497 e. The van der Waals surface area contributed by atoms with Gasteiger partial charge in [0.2, 0.25) is 0 Å². The lowest BCUT2D eigenvalue weighted by molar-refractivity contribution is -0.899. The van der Waals surface area contributed by atoms with Crippen LogP contribution in [0.4, 0.5) is 0 Å². The lowest BCUT2D eigenvalue weighted by Gasteiger charge is -2.46. The second-order valence-electron chi connectivity index (χ2n) is 7.85. The van der Waals surface area contributed by atoms with Gasteiger partial charge in [0.1, 0.15) is 17.4 Å². The standard InChI is InChI=1S/C23H25N5O2/c1-4-6-28-7-5-18-19(11-24)22(27)23(13-25,14-26)21(20(18)12-28)15-8-16(29-2)10-17(9-15)30-3/h5,8-10,19-21,27H,4,6-7,12H2,1-3H3/p+1/t19?,20-,21-/m1/s1. The van der Waals surface area contributed by atoms with E-state index in [4.69, 9.17) is 14.9 Å². The molecular weight excluding hydrogens is 378 g/mol. The van der Waals surface area contributed by atoms with E-state index >= 15 is 0 Å². The number of methoxy groups -OCH3 is 2. The summed E-state index contributed by atoms with van der Waals surface area (Å²) in [6.45, 7) is 4.58. The van der Waals surface area contributed by atoms with E-state index in [1.54, 1.807) is 20.3 Å². The number of quaternary nitrogens is 1. The summed E-state index contributed by atoms with van der Waals surface area (Å²) in [5.74, 6) is -0.521. The van der Waals surface area contributed by atoms with Gasteiger partial charge in [-0.1, -0.05) is 6.92 Å². The number of rotatable bonds is 5. The van der Waals surface area contributed by atoms with Gasteiger partial charge in [-0.25, -0.2) is 0 Å². The first kappa shape index (κ1) is 21.4. The van der Waals surface area contributed by atoms with Crippen LogP contribution in [-0.4, -0.2) is 39.6 Å². The van der Waals surface area contributed by atoms with Crippen molar-refractivity contribution in [2.45, 2.75) is 19.3 Å². The molecule has 0 radical (unpaired) electrons. The van der Waals surface area contributed by atoms with Crippen molar-refractivity contribution in [3.8, 4) is 29.7 Å². The maximum absolute atomic E-state index is 10.2. The van der Waals surface area contributed by atoms with Crippen LogP contribution in [0.2, 0.25) is 0 Å². The normalized spacial score (nSPS) is 26.9. The molecule has 1 fully saturated rings. The molecule has 30 heavy (non-hydrogen) atoms. The van der Waals surface area contributed by atoms with Gasteiger partial charge in [0, 0.05) is 17.9 Å². The van der Waals surface area contributed by atoms with Crippen molar-refractivity contribution >= 4 is 5.71 Å². The van der Waals surface area contributed by atoms with Gasteiger partial charge >= 0.3 is 0 Å². The van der Waals surface area contributed by atoms with Crippen LogP contribution in [0.5, 0.6) is 11.5 Å². The summed E-state index contributed by atoms with van der Waals surface area (Å²) >= 11 is 0. The number of hydrogen-bond acceptors (Lipinski definition) is 6. The van der Waals surface area contributed by atoms with Gasteiger partial charge in [-0.05, 0) is 35.8 Å². The molecule has 1 aliphatic heterocycles. The predicted molar refractivity (Wildman–Crippen MR) is 110 cm³/mol. The molecule has 1 aliphatic carbocycles. The van der Waals surface area contributed by atoms with Crippen molar-refractivity contribution in [1.29, 1.82) is 21.2 Å². The first-order chi connectivity index (χ1) is 14.5. The van der Waals surface area contributed by atoms with Crippen molar-refractivity contribution in [2.24, 2.45) is 17.3 Å². The van der Waals surface area contributed by atoms with Gasteiger partial charge in [0.05, 0.1) is 57.8 Å². The van der Waals surface area contributed by atoms with Gasteiger partial charge in [-0.2, -0.15) is 15.8 Å². The molecule has 1 heterocycles. The number of nitrogens with one attached hydrogen (secondary N) is 2. The highest BCUT2D eigenvalue weighted by Gasteiger charge is 2.58. The number of nitriles is 3. The zero-order valence-corrected chi connectivity index (χ0v) is 17.5. The number of nitrogens with zero attached hydrogens (tertiary/aromatic N) is 3. The van der Waals surface area contributed by atoms with E-state index in [9.17, 15) is 15.8 Å². The molecule has 1 aromatic carbocycles. The van der Waals surface area contributed by atoms with Crippen LogP contribution >= 0.6 is 0 Å². The van der Waals surface area contributed by atoms with E-state index in [1.807, 2.05) is 18.2 Å². The molecule has 4 atom stereocenters. The molecule has 7 heteroatoms. The van der Waals surface area contributed by atoms with Crippen molar-refractivity contribution in [3.05, 3.63) is 35.4 Å². The Labute approximate surface area is 177 Å². The van der Waals surface area contributed by atoms with E-state index in [-0.39, 0.29) is 11.6 Å². The quantitative estimate of drug-likeness (QED) is 0.726. The highest BCUT2D eigenvalue weighted by Crippen LogP contribution is 2.53. The third-order valence-electron chi connectivity index (χ3n) is 6.30. The van der Waals surface area contributed by atoms with Crippen LogP contribution in [0.3, 0.4) is 0 Å². The zero-order chi connectivity index (χ0) is 21.9. The Kier molecular flexibility index (Phi) is 6.11. The molecule has 1 aromatic rings. The maximum atomic E-state index is 10.2. The van der Waals surface area contributed by atoms with Crippen LogP contribution in [0.25, 0.3) is 0 Å². The van der Waals surface area contributed by atoms with Gasteiger partial charge < -0.3 is 19.8 Å². The minimum absolute atomic E-state index is 0.136. The highest BCUT2D eigenvalue weighted by atomic mass is 16.5. The fourth-order valence-corrected chi connectivity index (χ4v) is 4.90. The lowest BCUT2D eigenvalue weighted by Crippen LogP contribution is -3.13. The first-order valence-electron chi connectivity index (χ1n) is 10.1. The number of benzene rings is 1. The summed E-state index contributed by atoms with van der Waals surface area (Å²) < 4.78 is 10.8. The Morgan fingerprint density at radius 2 is 1.77 bits per heavy atom. The monoisotopic (exact) mass is 404 g/mol. The molecule has 3 rings (SSSR count). The van der Waals surface area contributed by atoms with Gasteiger partial charge in [-0.3, -0.25) is 0 Å². The van der Waals surface area contributed by atoms with Crippen molar-refractivity contribution < 1.29 is 14.4 Å². The molecule has 0 amide bonds. The lowest BCUT2D eigenvalue weighted by atomic mass is 9.54. The Morgan fingerprint density at radius 3 is 2.27 bits per heavy atom. The molecule has 0 saturated heterocycles. The third-order valence-corrected chi connectivity index (χ3v) is 6.30. The average Bonchev–Trinajstić information content (AvgIpc) is 2.78. The highest BCUT2D eigenvalue weighted by molar-refractivity contribution is 6.00. The number of hydrogen-bond donors (Lipinski definition) is 2. The van der Waals surface area contributed by atoms with E-state index in [0.29, 0.717) is 23.6 Å². The van der Waals surface area contributed by atoms with Gasteiger partial charge in [0.15, 0.2) is 5.41 Å². The van der Waals surface area contributed by atoms with Gasteiger partial charge in [0.25, 0.3) is 0 Å². The molecule has 0 aromatic heterocycles. The van der Waals surface area contributed by atoms with Crippen LogP contribution in [-0.2, 0) is 0 Å². The van der Waals surface area contributed by atoms with E-state index in [1.165, 1.54) is 4.90 Å². The minimum atomic E-state index is -1.73. The van der Waals surface area contributed by atoms with Crippen molar-refractivity contribution in [1.82, 2.24) is 0 Å². The molecule has 154 valence electrons. The summed E-state index contributed by atoms with van der Waals surface area (Å²) in [7, 11) is 3.10. The smallest absolute Gasteiger partial charge is 0.189 e. The topological polar surface area (TPSA) is 118 Å². The Bertz CT molecular complexity index is 958. The van der Waals surface area contributed by atoms with Crippen LogP contribution in [0, 0.1) is 56.7 Å². The van der Waals surface area contributed by atoms with Crippen LogP contribution < -0.4 is 14.4 Å². The molecule has 0 bridgehead atoms. The molecule has 2 aliphatic rings. The van der Waals surface area contributed by atoms with Crippen molar-refractivity contribution in [3.63, 3.8) is 0 Å². The fraction of sp³-hybridized carbons (Fsp3) is 0.478. The zero-order valence-electron chi connectivity index (χ0n) is 17.5. The molecule has 2 unspecified atom stereocenters. The minimum Gasteiger partial charge on any atom is -0.497 e. The van der Waals surface area contributed by atoms with E-state index in [2.05, 4.69) is 25.1 Å². The summed E-state index contributed by atoms with van der Waals surface area (Å²) in [5, 5.41) is 38.8. The summed E-state index contributed by atoms with van der Waals surface area (Å²) in [5.41, 5.74) is -0.295. The number of ether oxygens (including phenoxy) is 2. The van der Waals surface area contributed by atoms with Crippen LogP contribution in [0.1, 0.15) is 24.8 Å². The molecule has 1 saturated carbocycles. The Balaban J connectivity index is 2.26. The Morgan fingerprint density at radius 1 is 1.13 bits per heavy atom. The predicted octanol–water partition coefficient (Wildman–Crippen LogP) is 1.85. The fourth-order valence-electron chi connectivity index (χ4n) is 4.90. The summed E-state index contributed by atoms with van der Waals surface area (Å²) in [6.07, 6.45) is 3.06. The van der Waals surface area contributed by atoms with E-state index in [0.717, 1.165) is 25.1 Å². The molecule has 0 spiro atoms. The number of fused-ring (bicyclic) bond motifs is 1. The van der Waals surface area contributed by atoms with Crippen LogP contribution in [0.15, 0.2) is 29.8 Å². The summed E-state index contributed by atoms with van der Waals surface area (Å²) in [6, 6.07) is 11.8. The Hall–Kier alpha value is -3.34. The van der Waals surface area contributed by atoms with Gasteiger partial charge in [-0.15, -0.1) is 0 Å². The van der Waals surface area contributed by atoms with E-state index < -0.39 is 17.3 Å². The molecule has 2 N–H and O–H groups in total. The van der Waals surface area contributed by atoms with Crippen molar-refractivity contribution in [2.75, 3.05) is 33.9 Å². The molecular formula is C23H26N5O2+.